The monoisotopic (exact) mass is 579 g/mol. The number of benzene rings is 2. The second-order valence-electron chi connectivity index (χ2n) is 11.3. The first-order valence-corrected chi connectivity index (χ1v) is 14.8. The summed E-state index contributed by atoms with van der Waals surface area (Å²) in [6, 6.07) is 27.9. The van der Waals surface area contributed by atoms with E-state index in [1.807, 2.05) is 54.6 Å². The van der Waals surface area contributed by atoms with Gasteiger partial charge >= 0.3 is 0 Å². The molecule has 44 heavy (non-hydrogen) atoms. The lowest BCUT2D eigenvalue weighted by atomic mass is 10.0. The number of nitrogens with zero attached hydrogens (tertiary/aromatic N) is 3. The van der Waals surface area contributed by atoms with Gasteiger partial charge in [0, 0.05) is 39.7 Å². The lowest BCUT2D eigenvalue weighted by Gasteiger charge is -2.11. The molecular weight excluding hydrogens is 546 g/mol. The van der Waals surface area contributed by atoms with Gasteiger partial charge in [-0.25, -0.2) is 9.97 Å². The van der Waals surface area contributed by atoms with Crippen molar-refractivity contribution >= 4 is 46.4 Å². The van der Waals surface area contributed by atoms with Crippen LogP contribution in [-0.4, -0.2) is 57.2 Å². The predicted molar refractivity (Wildman–Crippen MR) is 180 cm³/mol. The van der Waals surface area contributed by atoms with Gasteiger partial charge in [-0.05, 0) is 117 Å². The maximum Gasteiger partial charge on any atom is 0.119 e. The highest BCUT2D eigenvalue weighted by Crippen LogP contribution is 2.33. The Labute approximate surface area is 255 Å². The summed E-state index contributed by atoms with van der Waals surface area (Å²) in [7, 11) is 4.14. The van der Waals surface area contributed by atoms with Crippen LogP contribution in [0.3, 0.4) is 0 Å². The molecule has 0 spiro atoms. The number of aromatic nitrogens is 4. The van der Waals surface area contributed by atoms with Crippen LogP contribution in [0.1, 0.15) is 29.2 Å². The Bertz CT molecular complexity index is 2050. The predicted octanol–water partition coefficient (Wildman–Crippen LogP) is 8.03. The highest BCUT2D eigenvalue weighted by atomic mass is 16.5. The maximum atomic E-state index is 9.90. The molecule has 0 fully saturated rings. The van der Waals surface area contributed by atoms with Crippen LogP contribution >= 0.6 is 0 Å². The van der Waals surface area contributed by atoms with E-state index in [0.29, 0.717) is 6.61 Å². The number of fused-ring (bicyclic) bond motifs is 8. The zero-order valence-electron chi connectivity index (χ0n) is 24.7. The van der Waals surface area contributed by atoms with Gasteiger partial charge < -0.3 is 24.7 Å². The Hall–Kier alpha value is -5.40. The van der Waals surface area contributed by atoms with Crippen LogP contribution in [-0.2, 0) is 0 Å². The quantitative estimate of drug-likeness (QED) is 0.166. The molecule has 0 saturated heterocycles. The highest BCUT2D eigenvalue weighted by Gasteiger charge is 2.13. The van der Waals surface area contributed by atoms with Crippen LogP contribution in [0.5, 0.6) is 11.5 Å². The molecule has 0 amide bonds. The van der Waals surface area contributed by atoms with E-state index in [-0.39, 0.29) is 5.75 Å². The van der Waals surface area contributed by atoms with Crippen molar-refractivity contribution in [2.45, 2.75) is 6.42 Å². The summed E-state index contributed by atoms with van der Waals surface area (Å²) in [6.45, 7) is 1.67. The summed E-state index contributed by atoms with van der Waals surface area (Å²) < 4.78 is 5.99. The van der Waals surface area contributed by atoms with Gasteiger partial charge in [0.1, 0.15) is 11.5 Å². The Morgan fingerprint density at radius 2 is 1.18 bits per heavy atom. The van der Waals surface area contributed by atoms with Gasteiger partial charge in [0.2, 0.25) is 0 Å². The molecule has 218 valence electrons. The number of phenolic OH excluding ortho intramolecular Hbond substituents is 1. The fourth-order valence-corrected chi connectivity index (χ4v) is 5.60. The molecule has 0 unspecified atom stereocenters. The third-order valence-electron chi connectivity index (χ3n) is 7.72. The molecule has 2 aromatic carbocycles. The van der Waals surface area contributed by atoms with Crippen LogP contribution in [0.4, 0.5) is 0 Å². The van der Waals surface area contributed by atoms with E-state index in [0.717, 1.165) is 85.8 Å². The zero-order valence-corrected chi connectivity index (χ0v) is 24.7. The van der Waals surface area contributed by atoms with Crippen molar-refractivity contribution in [1.82, 2.24) is 24.8 Å². The number of hydrogen-bond acceptors (Lipinski definition) is 5. The maximum absolute atomic E-state index is 9.90. The van der Waals surface area contributed by atoms with E-state index < -0.39 is 0 Å². The van der Waals surface area contributed by atoms with Crippen LogP contribution in [0.15, 0.2) is 84.9 Å². The number of hydrogen-bond donors (Lipinski definition) is 3. The summed E-state index contributed by atoms with van der Waals surface area (Å²) in [5.41, 5.74) is 11.2. The lowest BCUT2D eigenvalue weighted by molar-refractivity contribution is 0.281. The molecule has 3 N–H and O–H groups in total. The molecule has 5 heterocycles. The van der Waals surface area contributed by atoms with Crippen LogP contribution < -0.4 is 4.74 Å². The SMILES string of the molecule is CN(C)CCCOc1ccc(-c2c3nc(cc4ccc([nH]4)c(-c4ccc(O)cc4)c4nc(cc5ccc2[nH]5)C=C4)C=C3)cc1. The summed E-state index contributed by atoms with van der Waals surface area (Å²) in [4.78, 5) is 19.3. The van der Waals surface area contributed by atoms with E-state index in [1.165, 1.54) is 0 Å². The van der Waals surface area contributed by atoms with Gasteiger partial charge in [-0.3, -0.25) is 0 Å². The average Bonchev–Trinajstić information content (AvgIpc) is 3.84. The first-order chi connectivity index (χ1) is 21.5. The molecule has 7 rings (SSSR count). The van der Waals surface area contributed by atoms with Crippen LogP contribution in [0.2, 0.25) is 0 Å². The Morgan fingerprint density at radius 3 is 1.70 bits per heavy atom. The number of aromatic hydroxyl groups is 1. The lowest BCUT2D eigenvalue weighted by Crippen LogP contribution is -2.15. The number of nitrogens with one attached hydrogen (secondary N) is 2. The van der Waals surface area contributed by atoms with Crippen molar-refractivity contribution in [1.29, 1.82) is 0 Å². The molecule has 0 saturated carbocycles. The third-order valence-corrected chi connectivity index (χ3v) is 7.72. The van der Waals surface area contributed by atoms with Gasteiger partial charge in [-0.2, -0.15) is 0 Å². The van der Waals surface area contributed by atoms with Gasteiger partial charge in [0.05, 0.1) is 29.4 Å². The van der Waals surface area contributed by atoms with Crippen molar-refractivity contribution in [2.24, 2.45) is 0 Å². The molecule has 3 aromatic heterocycles. The van der Waals surface area contributed by atoms with E-state index >= 15 is 0 Å². The largest absolute Gasteiger partial charge is 0.508 e. The van der Waals surface area contributed by atoms with Crippen LogP contribution in [0, 0.1) is 0 Å². The molecule has 8 bridgehead atoms. The minimum Gasteiger partial charge on any atom is -0.508 e. The van der Waals surface area contributed by atoms with Gasteiger partial charge in [0.25, 0.3) is 0 Å². The van der Waals surface area contributed by atoms with E-state index in [9.17, 15) is 5.11 Å². The number of H-pyrrole nitrogens is 2. The smallest absolute Gasteiger partial charge is 0.119 e. The summed E-state index contributed by atoms with van der Waals surface area (Å²) in [5, 5.41) is 9.90. The minimum atomic E-state index is 0.226. The molecular formula is C37H33N5O2. The number of aromatic amines is 2. The number of rotatable bonds is 7. The Kier molecular flexibility index (Phi) is 7.30. The normalized spacial score (nSPS) is 12.2. The molecule has 0 atom stereocenters. The fourth-order valence-electron chi connectivity index (χ4n) is 5.60. The first kappa shape index (κ1) is 27.4. The fraction of sp³-hybridized carbons (Fsp3) is 0.135. The minimum absolute atomic E-state index is 0.226. The number of phenols is 1. The van der Waals surface area contributed by atoms with Gasteiger partial charge in [-0.15, -0.1) is 0 Å². The highest BCUT2D eigenvalue weighted by molar-refractivity contribution is 5.93. The van der Waals surface area contributed by atoms with Crippen molar-refractivity contribution in [3.8, 4) is 33.8 Å². The standard InChI is InChI=1S/C37H33N5O2/c1-42(2)20-3-21-44-31-14-6-25(7-15-31)37-34-18-10-28(40-34)22-26-8-16-32(38-26)36(24-4-12-30(43)13-5-24)33-17-9-27(39-33)23-29-11-19-35(37)41-29/h4-19,22-23,38,41,43H,3,20-21H2,1-2H3. The second-order valence-corrected chi connectivity index (χ2v) is 11.3. The Morgan fingerprint density at radius 1 is 0.659 bits per heavy atom. The average molecular weight is 580 g/mol. The molecule has 2 aliphatic heterocycles. The molecule has 5 aromatic rings. The van der Waals surface area contributed by atoms with E-state index in [4.69, 9.17) is 14.7 Å². The second kappa shape index (κ2) is 11.7. The summed E-state index contributed by atoms with van der Waals surface area (Å²) in [6.07, 6.45) is 9.14. The summed E-state index contributed by atoms with van der Waals surface area (Å²) in [5.74, 6) is 1.08. The number of ether oxygens (including phenoxy) is 1. The van der Waals surface area contributed by atoms with Crippen molar-refractivity contribution < 1.29 is 9.84 Å². The van der Waals surface area contributed by atoms with Gasteiger partial charge in [0.15, 0.2) is 0 Å². The molecule has 0 radical (unpaired) electrons. The molecule has 7 heteroatoms. The molecule has 2 aliphatic rings. The van der Waals surface area contributed by atoms with E-state index in [2.05, 4.69) is 71.4 Å². The summed E-state index contributed by atoms with van der Waals surface area (Å²) >= 11 is 0. The van der Waals surface area contributed by atoms with Crippen molar-refractivity contribution in [2.75, 3.05) is 27.2 Å². The first-order valence-electron chi connectivity index (χ1n) is 14.8. The topological polar surface area (TPSA) is 90.1 Å². The zero-order chi connectivity index (χ0) is 30.0. The van der Waals surface area contributed by atoms with Crippen molar-refractivity contribution in [3.05, 3.63) is 108 Å². The van der Waals surface area contributed by atoms with Crippen molar-refractivity contribution in [3.63, 3.8) is 0 Å². The molecule has 0 aliphatic carbocycles. The van der Waals surface area contributed by atoms with E-state index in [1.54, 1.807) is 12.1 Å². The Balaban J connectivity index is 1.38. The third kappa shape index (κ3) is 5.78. The van der Waals surface area contributed by atoms with Gasteiger partial charge in [-0.1, -0.05) is 24.3 Å². The molecule has 7 nitrogen and oxygen atoms in total. The van der Waals surface area contributed by atoms with Crippen LogP contribution in [0.25, 0.3) is 68.6 Å².